The van der Waals surface area contributed by atoms with Crippen molar-refractivity contribution in [2.24, 2.45) is 28.1 Å². The van der Waals surface area contributed by atoms with E-state index in [0.717, 1.165) is 19.3 Å². The molecule has 0 radical (unpaired) electrons. The molecule has 260 valence electrons. The minimum atomic E-state index is -2.44. The number of methoxy groups -OCH3 is 1. The molecule has 1 aromatic rings. The lowest BCUT2D eigenvalue weighted by Gasteiger charge is -2.49. The zero-order chi connectivity index (χ0) is 34.2. The molecule has 1 aromatic carbocycles. The van der Waals surface area contributed by atoms with E-state index in [0.29, 0.717) is 24.4 Å². The maximum absolute atomic E-state index is 14.4. The average Bonchev–Trinajstić information content (AvgIpc) is 3.75. The molecular formula is C34H41NO13. The van der Waals surface area contributed by atoms with Gasteiger partial charge in [-0.1, -0.05) is 32.9 Å². The number of carbonyl (C=O) groups is 4. The monoisotopic (exact) mass is 671 g/mol. The van der Waals surface area contributed by atoms with Gasteiger partial charge < -0.3 is 48.3 Å². The van der Waals surface area contributed by atoms with Gasteiger partial charge in [0.15, 0.2) is 23.9 Å². The largest absolute Gasteiger partial charge is 0.497 e. The Hall–Kier alpha value is -3.46. The first-order valence-corrected chi connectivity index (χ1v) is 16.6. The van der Waals surface area contributed by atoms with Gasteiger partial charge in [0.2, 0.25) is 11.9 Å². The van der Waals surface area contributed by atoms with E-state index in [4.69, 9.17) is 33.2 Å². The second-order valence-corrected chi connectivity index (χ2v) is 15.3. The van der Waals surface area contributed by atoms with Gasteiger partial charge in [0, 0.05) is 19.0 Å². The number of hydrogen-bond acceptors (Lipinski definition) is 13. The van der Waals surface area contributed by atoms with Crippen LogP contribution in [0.15, 0.2) is 24.3 Å². The third kappa shape index (κ3) is 3.37. The number of carbonyl (C=O) groups excluding carboxylic acids is 4. The molecule has 2 spiro atoms. The number of fused-ring (bicyclic) bond motifs is 1. The van der Waals surface area contributed by atoms with Crippen LogP contribution in [-0.2, 0) is 49.4 Å². The first kappa shape index (κ1) is 31.8. The Morgan fingerprint density at radius 3 is 2.33 bits per heavy atom. The highest BCUT2D eigenvalue weighted by Crippen LogP contribution is 2.85. The molecule has 2 saturated carbocycles. The first-order valence-electron chi connectivity index (χ1n) is 16.6. The van der Waals surface area contributed by atoms with Gasteiger partial charge in [0.25, 0.3) is 0 Å². The third-order valence-corrected chi connectivity index (χ3v) is 12.3. The molecule has 48 heavy (non-hydrogen) atoms. The number of nitrogens with zero attached hydrogens (tertiary/aromatic N) is 1. The predicted molar refractivity (Wildman–Crippen MR) is 159 cm³/mol. The Morgan fingerprint density at radius 1 is 1.00 bits per heavy atom. The quantitative estimate of drug-likeness (QED) is 0.340. The summed E-state index contributed by atoms with van der Waals surface area (Å²) in [6.45, 7) is 7.72. The maximum Gasteiger partial charge on any atom is 0.410 e. The summed E-state index contributed by atoms with van der Waals surface area (Å²) in [6, 6.07) is 7.02. The molecule has 5 heterocycles. The van der Waals surface area contributed by atoms with Gasteiger partial charge in [-0.15, -0.1) is 0 Å². The van der Waals surface area contributed by atoms with Crippen LogP contribution in [0.5, 0.6) is 5.75 Å². The lowest BCUT2D eigenvalue weighted by molar-refractivity contribution is -0.240. The van der Waals surface area contributed by atoms with Crippen LogP contribution < -0.4 is 4.74 Å². The number of esters is 3. The van der Waals surface area contributed by atoms with Gasteiger partial charge in [-0.2, -0.15) is 0 Å². The Kier molecular flexibility index (Phi) is 6.66. The van der Waals surface area contributed by atoms with E-state index >= 15 is 0 Å². The van der Waals surface area contributed by atoms with Crippen LogP contribution in [0.1, 0.15) is 52.5 Å². The number of piperidine rings is 1. The molecule has 5 aliphatic heterocycles. The maximum atomic E-state index is 14.4. The van der Waals surface area contributed by atoms with Crippen molar-refractivity contribution < 1.29 is 62.5 Å². The summed E-state index contributed by atoms with van der Waals surface area (Å²) in [7, 11) is 1.54. The number of hydrogen-bond donors (Lipinski definition) is 2. The fraction of sp³-hybridized carbons (Fsp3) is 0.706. The second kappa shape index (κ2) is 10.1. The molecule has 7 aliphatic rings. The van der Waals surface area contributed by atoms with Gasteiger partial charge in [-0.3, -0.25) is 4.79 Å². The topological polar surface area (TPSA) is 177 Å². The normalized spacial score (nSPS) is 45.2. The van der Waals surface area contributed by atoms with Gasteiger partial charge in [0.05, 0.1) is 31.2 Å². The molecular weight excluding hydrogens is 630 g/mol. The molecule has 2 N–H and O–H groups in total. The van der Waals surface area contributed by atoms with Crippen LogP contribution in [0.4, 0.5) is 4.79 Å². The number of benzene rings is 1. The summed E-state index contributed by atoms with van der Waals surface area (Å²) in [4.78, 5) is 57.1. The fourth-order valence-corrected chi connectivity index (χ4v) is 10.7. The van der Waals surface area contributed by atoms with Crippen molar-refractivity contribution in [1.29, 1.82) is 0 Å². The number of aliphatic hydroxyl groups is 2. The summed E-state index contributed by atoms with van der Waals surface area (Å²) in [6.07, 6.45) is -7.45. The first-order chi connectivity index (χ1) is 22.7. The fourth-order valence-electron chi connectivity index (χ4n) is 10.7. The highest BCUT2D eigenvalue weighted by molar-refractivity contribution is 5.94. The SMILES string of the molecule is COc1ccc(CO[C@H]2C(=O)OC3OC45C(=O)OC6[C@H](O)C(C(C)(C)C)C32C64[C@@H](OC(=O)N2CCCCC2)C2OC(=O)[C@@H](C)[C@@]25O)cc1. The number of aliphatic hydroxyl groups excluding tert-OH is 1. The lowest BCUT2D eigenvalue weighted by atomic mass is 9.50. The molecule has 7 fully saturated rings. The number of likely N-dealkylation sites (tertiary alicyclic amines) is 1. The van der Waals surface area contributed by atoms with Crippen LogP contribution in [0.3, 0.4) is 0 Å². The molecule has 14 nitrogen and oxygen atoms in total. The minimum absolute atomic E-state index is 0.0922. The van der Waals surface area contributed by atoms with E-state index in [1.807, 2.05) is 20.8 Å². The number of ether oxygens (including phenoxy) is 7. The summed E-state index contributed by atoms with van der Waals surface area (Å²) in [5, 5.41) is 25.1. The van der Waals surface area contributed by atoms with Crippen molar-refractivity contribution >= 4 is 24.0 Å². The van der Waals surface area contributed by atoms with Crippen LogP contribution in [0.25, 0.3) is 0 Å². The Labute approximate surface area is 276 Å². The van der Waals surface area contributed by atoms with Gasteiger partial charge in [0.1, 0.15) is 17.3 Å². The summed E-state index contributed by atoms with van der Waals surface area (Å²) < 4.78 is 42.5. The van der Waals surface area contributed by atoms with Crippen molar-refractivity contribution in [3.63, 3.8) is 0 Å². The van der Waals surface area contributed by atoms with Crippen molar-refractivity contribution in [3.05, 3.63) is 29.8 Å². The molecule has 0 bridgehead atoms. The van der Waals surface area contributed by atoms with Gasteiger partial charge in [-0.25, -0.2) is 14.4 Å². The van der Waals surface area contributed by atoms with E-state index in [1.54, 1.807) is 31.4 Å². The standard InChI is InChI=1S/C34H41NO13/c1-16-25(37)44-23-22(46-29(40)35-13-7-6-8-14-35)32-21-19(36)20(30(2,3)4)31(32)24(43-15-17-9-11-18(42-5)12-10-17)26(38)47-28(31)48-34(32,27(39)45-21)33(16,23)41/h9-12,16,19-24,28,36,41H,6-8,13-15H2,1-5H3/t16-,19-,20?,21?,22+,23?,24+,28?,31?,32?,33-,34?/m1/s1. The zero-order valence-corrected chi connectivity index (χ0v) is 27.5. The lowest BCUT2D eigenvalue weighted by Crippen LogP contribution is -2.67. The number of rotatable bonds is 5. The summed E-state index contributed by atoms with van der Waals surface area (Å²) in [5.74, 6) is -4.37. The predicted octanol–water partition coefficient (Wildman–Crippen LogP) is 1.46. The molecule has 7 unspecified atom stereocenters. The summed E-state index contributed by atoms with van der Waals surface area (Å²) in [5.41, 5.74) is -8.78. The van der Waals surface area contributed by atoms with Crippen LogP contribution in [0.2, 0.25) is 0 Å². The third-order valence-electron chi connectivity index (χ3n) is 12.3. The van der Waals surface area contributed by atoms with Crippen molar-refractivity contribution in [2.75, 3.05) is 20.2 Å². The highest BCUT2D eigenvalue weighted by atomic mass is 16.8. The minimum Gasteiger partial charge on any atom is -0.497 e. The van der Waals surface area contributed by atoms with E-state index in [-0.39, 0.29) is 6.61 Å². The van der Waals surface area contributed by atoms with Crippen molar-refractivity contribution in [1.82, 2.24) is 4.90 Å². The van der Waals surface area contributed by atoms with E-state index < -0.39 is 100 Å². The second-order valence-electron chi connectivity index (χ2n) is 15.3. The number of amides is 1. The van der Waals surface area contributed by atoms with Gasteiger partial charge >= 0.3 is 24.0 Å². The van der Waals surface area contributed by atoms with Crippen LogP contribution in [0, 0.1) is 28.1 Å². The average molecular weight is 672 g/mol. The molecule has 14 heteroatoms. The molecule has 8 rings (SSSR count). The van der Waals surface area contributed by atoms with Crippen molar-refractivity contribution in [3.8, 4) is 5.75 Å². The molecule has 5 saturated heterocycles. The highest BCUT2D eigenvalue weighted by Gasteiger charge is 3.06. The van der Waals surface area contributed by atoms with Crippen molar-refractivity contribution in [2.45, 2.75) is 102 Å². The molecule has 2 aliphatic carbocycles. The zero-order valence-electron chi connectivity index (χ0n) is 27.5. The van der Waals surface area contributed by atoms with E-state index in [9.17, 15) is 29.4 Å². The van der Waals surface area contributed by atoms with Gasteiger partial charge in [-0.05, 0) is 49.3 Å². The van der Waals surface area contributed by atoms with Crippen LogP contribution >= 0.6 is 0 Å². The Bertz CT molecular complexity index is 1570. The molecule has 0 aromatic heterocycles. The summed E-state index contributed by atoms with van der Waals surface area (Å²) >= 11 is 0. The molecule has 12 atom stereocenters. The Morgan fingerprint density at radius 2 is 1.69 bits per heavy atom. The van der Waals surface area contributed by atoms with E-state index in [2.05, 4.69) is 0 Å². The smallest absolute Gasteiger partial charge is 0.410 e. The van der Waals surface area contributed by atoms with E-state index in [1.165, 1.54) is 11.8 Å². The molecule has 1 amide bonds. The van der Waals surface area contributed by atoms with Crippen LogP contribution in [-0.4, -0.2) is 107 Å². The Balaban J connectivity index is 1.35.